The molecule has 0 aliphatic carbocycles. The van der Waals surface area contributed by atoms with Crippen molar-refractivity contribution < 1.29 is 0 Å². The monoisotopic (exact) mass is 578 g/mol. The molecule has 1 aliphatic heterocycles. The summed E-state index contributed by atoms with van der Waals surface area (Å²) >= 11 is 0. The van der Waals surface area contributed by atoms with Crippen LogP contribution in [0.25, 0.3) is 57.0 Å². The van der Waals surface area contributed by atoms with E-state index in [-0.39, 0.29) is 5.92 Å². The van der Waals surface area contributed by atoms with Crippen LogP contribution in [-0.2, 0) is 0 Å². The Hall–Kier alpha value is -5.60. The van der Waals surface area contributed by atoms with Crippen molar-refractivity contribution in [1.29, 1.82) is 0 Å². The Kier molecular flexibility index (Phi) is 7.41. The molecule has 7 rings (SSSR count). The summed E-state index contributed by atoms with van der Waals surface area (Å²) in [5.41, 5.74) is 9.41. The van der Waals surface area contributed by atoms with E-state index in [1.165, 1.54) is 32.7 Å². The van der Waals surface area contributed by atoms with Crippen LogP contribution >= 0.6 is 0 Å². The quantitative estimate of drug-likeness (QED) is 0.139. The van der Waals surface area contributed by atoms with Gasteiger partial charge in [0.2, 0.25) is 0 Å². The molecule has 0 spiro atoms. The Labute approximate surface area is 264 Å². The highest BCUT2D eigenvalue weighted by molar-refractivity contribution is 6.07. The van der Waals surface area contributed by atoms with Crippen molar-refractivity contribution in [3.05, 3.63) is 161 Å². The fourth-order valence-corrected chi connectivity index (χ4v) is 6.72. The molecule has 6 aromatic rings. The number of nitrogens with zero attached hydrogens (tertiary/aromatic N) is 2. The van der Waals surface area contributed by atoms with E-state index >= 15 is 0 Å². The maximum Gasteiger partial charge on any atom is 0.0840 e. The van der Waals surface area contributed by atoms with Gasteiger partial charge in [-0.15, -0.1) is 0 Å². The van der Waals surface area contributed by atoms with Crippen molar-refractivity contribution in [1.82, 2.24) is 0 Å². The fraction of sp³-hybridized carbons (Fsp3) is 0.0698. The van der Waals surface area contributed by atoms with Gasteiger partial charge in [0.05, 0.1) is 17.1 Å². The Bertz CT molecular complexity index is 2310. The van der Waals surface area contributed by atoms with E-state index in [9.17, 15) is 0 Å². The van der Waals surface area contributed by atoms with E-state index in [1.807, 2.05) is 19.2 Å². The van der Waals surface area contributed by atoms with Crippen molar-refractivity contribution in [3.8, 4) is 22.3 Å². The molecule has 0 fully saturated rings. The van der Waals surface area contributed by atoms with Crippen molar-refractivity contribution in [2.24, 2.45) is 9.98 Å². The summed E-state index contributed by atoms with van der Waals surface area (Å²) in [4.78, 5) is 10.2. The third kappa shape index (κ3) is 5.05. The molecule has 1 unspecified atom stereocenters. The molecule has 2 nitrogen and oxygen atoms in total. The second-order valence-corrected chi connectivity index (χ2v) is 11.5. The highest BCUT2D eigenvalue weighted by Gasteiger charge is 2.32. The molecule has 0 aromatic heterocycles. The van der Waals surface area contributed by atoms with Gasteiger partial charge in [-0.3, -0.25) is 9.98 Å². The molecular formula is C43H34N2. The molecule has 216 valence electrons. The molecule has 2 heteroatoms. The fourth-order valence-electron chi connectivity index (χ4n) is 6.72. The zero-order valence-corrected chi connectivity index (χ0v) is 25.5. The number of fused-ring (bicyclic) bond motifs is 3. The molecule has 1 heterocycles. The van der Waals surface area contributed by atoms with Gasteiger partial charge in [-0.1, -0.05) is 129 Å². The Morgan fingerprint density at radius 1 is 0.711 bits per heavy atom. The summed E-state index contributed by atoms with van der Waals surface area (Å²) in [6.45, 7) is 15.3. The van der Waals surface area contributed by atoms with Crippen LogP contribution < -0.4 is 10.4 Å². The van der Waals surface area contributed by atoms with E-state index in [0.29, 0.717) is 6.42 Å². The lowest BCUT2D eigenvalue weighted by Gasteiger charge is -2.30. The van der Waals surface area contributed by atoms with Gasteiger partial charge < -0.3 is 0 Å². The smallest absolute Gasteiger partial charge is 0.0840 e. The third-order valence-electron chi connectivity index (χ3n) is 8.84. The van der Waals surface area contributed by atoms with E-state index in [4.69, 9.17) is 16.6 Å². The van der Waals surface area contributed by atoms with Gasteiger partial charge >= 0.3 is 0 Å². The predicted molar refractivity (Wildman–Crippen MR) is 195 cm³/mol. The Balaban J connectivity index is 1.63. The maximum absolute atomic E-state index is 5.48. The average Bonchev–Trinajstić information content (AvgIpc) is 3.08. The summed E-state index contributed by atoms with van der Waals surface area (Å²) in [6, 6.07) is 41.0. The van der Waals surface area contributed by atoms with Gasteiger partial charge in [0.25, 0.3) is 0 Å². The summed E-state index contributed by atoms with van der Waals surface area (Å²) in [5.74, 6) is 0.0238. The first-order valence-electron chi connectivity index (χ1n) is 15.4. The first kappa shape index (κ1) is 28.2. The SMILES string of the molecule is C=C/C=C(\N=CC)C1=Nc2c(c(-c3ccc4ccccc4c3)c(=C)c(=C)c2-c2ccc3ccccc3c2)C(c2ccccc2)C1. The minimum absolute atomic E-state index is 0.0238. The lowest BCUT2D eigenvalue weighted by molar-refractivity contribution is 0.839. The highest BCUT2D eigenvalue weighted by Crippen LogP contribution is 2.47. The van der Waals surface area contributed by atoms with Crippen molar-refractivity contribution >= 4 is 52.3 Å². The highest BCUT2D eigenvalue weighted by atomic mass is 14.9. The molecule has 0 saturated carbocycles. The summed E-state index contributed by atoms with van der Waals surface area (Å²) in [5, 5.41) is 6.59. The van der Waals surface area contributed by atoms with Gasteiger partial charge in [-0.05, 0) is 84.9 Å². The van der Waals surface area contributed by atoms with E-state index < -0.39 is 0 Å². The van der Waals surface area contributed by atoms with Gasteiger partial charge in [0.1, 0.15) is 0 Å². The van der Waals surface area contributed by atoms with Crippen LogP contribution in [0, 0.1) is 0 Å². The van der Waals surface area contributed by atoms with E-state index in [0.717, 1.165) is 49.8 Å². The molecule has 0 bridgehead atoms. The molecule has 1 aliphatic rings. The first-order valence-corrected chi connectivity index (χ1v) is 15.4. The largest absolute Gasteiger partial charge is 0.260 e. The van der Waals surface area contributed by atoms with Crippen LogP contribution in [0.4, 0.5) is 5.69 Å². The summed E-state index contributed by atoms with van der Waals surface area (Å²) in [6.07, 6.45) is 6.25. The van der Waals surface area contributed by atoms with Crippen LogP contribution in [0.1, 0.15) is 30.4 Å². The topological polar surface area (TPSA) is 24.7 Å². The van der Waals surface area contributed by atoms with Gasteiger partial charge in [0, 0.05) is 24.1 Å². The normalized spacial score (nSPS) is 14.9. The van der Waals surface area contributed by atoms with Gasteiger partial charge in [-0.2, -0.15) is 0 Å². The van der Waals surface area contributed by atoms with Crippen LogP contribution in [0.15, 0.2) is 150 Å². The Morgan fingerprint density at radius 3 is 1.87 bits per heavy atom. The van der Waals surface area contributed by atoms with Crippen molar-refractivity contribution in [2.75, 3.05) is 0 Å². The molecular weight excluding hydrogens is 544 g/mol. The maximum atomic E-state index is 5.48. The molecule has 45 heavy (non-hydrogen) atoms. The molecule has 0 saturated heterocycles. The second-order valence-electron chi connectivity index (χ2n) is 11.5. The number of benzene rings is 6. The molecule has 6 aromatic carbocycles. The van der Waals surface area contributed by atoms with Crippen LogP contribution in [-0.4, -0.2) is 11.9 Å². The third-order valence-corrected chi connectivity index (χ3v) is 8.84. The molecule has 1 atom stereocenters. The first-order chi connectivity index (χ1) is 22.1. The number of rotatable bonds is 6. The molecule has 0 radical (unpaired) electrons. The minimum Gasteiger partial charge on any atom is -0.260 e. The number of allylic oxidation sites excluding steroid dienone is 3. The zero-order chi connectivity index (χ0) is 30.9. The van der Waals surface area contributed by atoms with Crippen LogP contribution in [0.2, 0.25) is 0 Å². The predicted octanol–water partition coefficient (Wildman–Crippen LogP) is 9.92. The average molecular weight is 579 g/mol. The van der Waals surface area contributed by atoms with Crippen LogP contribution in [0.5, 0.6) is 0 Å². The van der Waals surface area contributed by atoms with Crippen molar-refractivity contribution in [2.45, 2.75) is 19.3 Å². The van der Waals surface area contributed by atoms with Crippen LogP contribution in [0.3, 0.4) is 0 Å². The van der Waals surface area contributed by atoms with E-state index in [2.05, 4.69) is 128 Å². The van der Waals surface area contributed by atoms with Crippen molar-refractivity contribution in [3.63, 3.8) is 0 Å². The summed E-state index contributed by atoms with van der Waals surface area (Å²) in [7, 11) is 0. The lowest BCUT2D eigenvalue weighted by Crippen LogP contribution is -2.31. The Morgan fingerprint density at radius 2 is 1.27 bits per heavy atom. The minimum atomic E-state index is 0.0238. The number of hydrogen-bond donors (Lipinski definition) is 0. The number of hydrogen-bond acceptors (Lipinski definition) is 2. The van der Waals surface area contributed by atoms with Gasteiger partial charge in [0.15, 0.2) is 0 Å². The number of aliphatic imine (C=N–C) groups is 2. The molecule has 0 amide bonds. The zero-order valence-electron chi connectivity index (χ0n) is 25.5. The second kappa shape index (κ2) is 11.8. The lowest BCUT2D eigenvalue weighted by atomic mass is 9.76. The summed E-state index contributed by atoms with van der Waals surface area (Å²) < 4.78 is 0. The standard InChI is InChI=1S/C43H34N2/c1-5-14-38(44-6-2)39-27-37(32-17-8-7-9-18-32)42-40(35-23-21-30-15-10-12-19-33(30)25-35)28(3)29(4)41(43(42)45-39)36-24-22-31-16-11-13-20-34(31)26-36/h5-26,37H,1,3-4,27H2,2H3/b38-14-,44-6?. The van der Waals surface area contributed by atoms with Gasteiger partial charge in [-0.25, -0.2) is 0 Å². The molecule has 0 N–H and O–H groups in total. The van der Waals surface area contributed by atoms with E-state index in [1.54, 1.807) is 6.08 Å².